The summed E-state index contributed by atoms with van der Waals surface area (Å²) in [5.41, 5.74) is 4.08. The number of aryl methyl sites for hydroxylation is 2. The van der Waals surface area contributed by atoms with E-state index in [4.69, 9.17) is 9.15 Å². The van der Waals surface area contributed by atoms with Gasteiger partial charge in [0.25, 0.3) is 5.91 Å². The van der Waals surface area contributed by atoms with Crippen molar-refractivity contribution in [3.8, 4) is 11.5 Å². The summed E-state index contributed by atoms with van der Waals surface area (Å²) in [5, 5.41) is 2.94. The molecule has 2 aromatic carbocycles. The van der Waals surface area contributed by atoms with E-state index in [0.717, 1.165) is 22.4 Å². The number of nitrogens with zero attached hydrogens (tertiary/aromatic N) is 1. The van der Waals surface area contributed by atoms with Crippen molar-refractivity contribution >= 4 is 11.6 Å². The van der Waals surface area contributed by atoms with Crippen LogP contribution in [0.3, 0.4) is 0 Å². The fourth-order valence-electron chi connectivity index (χ4n) is 2.60. The minimum absolute atomic E-state index is 0.225. The lowest BCUT2D eigenvalue weighted by Gasteiger charge is -2.17. The maximum Gasteiger partial charge on any atom is 0.258 e. The van der Waals surface area contributed by atoms with Crippen LogP contribution in [0.5, 0.6) is 0 Å². The van der Waals surface area contributed by atoms with Gasteiger partial charge >= 0.3 is 0 Å². The van der Waals surface area contributed by atoms with Gasteiger partial charge in [0, 0.05) is 18.4 Å². The minimum atomic E-state index is -0.673. The van der Waals surface area contributed by atoms with Gasteiger partial charge < -0.3 is 14.5 Å². The second-order valence-corrected chi connectivity index (χ2v) is 5.84. The molecule has 0 fully saturated rings. The first kappa shape index (κ1) is 16.9. The van der Waals surface area contributed by atoms with Crippen molar-refractivity contribution in [2.75, 3.05) is 12.4 Å². The summed E-state index contributed by atoms with van der Waals surface area (Å²) in [6, 6.07) is 15.1. The van der Waals surface area contributed by atoms with Crippen molar-refractivity contribution < 1.29 is 13.9 Å². The molecule has 128 valence electrons. The monoisotopic (exact) mass is 336 g/mol. The van der Waals surface area contributed by atoms with E-state index in [-0.39, 0.29) is 5.91 Å². The molecule has 1 N–H and O–H groups in total. The number of nitrogens with one attached hydrogen (secondary N) is 1. The van der Waals surface area contributed by atoms with E-state index in [2.05, 4.69) is 10.3 Å². The highest BCUT2D eigenvalue weighted by Crippen LogP contribution is 2.26. The maximum absolute atomic E-state index is 12.7. The number of anilines is 1. The number of benzene rings is 2. The Morgan fingerprint density at radius 3 is 2.56 bits per heavy atom. The molecule has 0 bridgehead atoms. The normalized spacial score (nSPS) is 12.0. The number of carbonyl (C=O) groups is 1. The Hall–Kier alpha value is -2.92. The van der Waals surface area contributed by atoms with Crippen molar-refractivity contribution in [2.45, 2.75) is 20.0 Å². The lowest BCUT2D eigenvalue weighted by atomic mass is 10.1. The predicted octanol–water partition coefficient (Wildman–Crippen LogP) is 4.28. The molecule has 0 saturated heterocycles. The highest BCUT2D eigenvalue weighted by molar-refractivity contribution is 5.96. The zero-order valence-electron chi connectivity index (χ0n) is 14.4. The van der Waals surface area contributed by atoms with Gasteiger partial charge in [0.1, 0.15) is 6.26 Å². The molecule has 0 saturated carbocycles. The zero-order chi connectivity index (χ0) is 17.8. The molecule has 0 radical (unpaired) electrons. The summed E-state index contributed by atoms with van der Waals surface area (Å²) < 4.78 is 10.8. The lowest BCUT2D eigenvalue weighted by molar-refractivity contribution is -0.126. The molecule has 3 aromatic rings. The third-order valence-corrected chi connectivity index (χ3v) is 3.94. The summed E-state index contributed by atoms with van der Waals surface area (Å²) in [6.45, 7) is 3.80. The van der Waals surface area contributed by atoms with Gasteiger partial charge in [-0.1, -0.05) is 36.4 Å². The maximum atomic E-state index is 12.7. The first-order valence-corrected chi connectivity index (χ1v) is 8.00. The number of carbonyl (C=O) groups excluding carboxylic acids is 1. The fourth-order valence-corrected chi connectivity index (χ4v) is 2.60. The van der Waals surface area contributed by atoms with E-state index < -0.39 is 6.10 Å². The number of ether oxygens (including phenoxy) is 1. The number of aromatic nitrogens is 1. The second-order valence-electron chi connectivity index (χ2n) is 5.84. The van der Waals surface area contributed by atoms with Gasteiger partial charge in [0.15, 0.2) is 6.10 Å². The average molecular weight is 336 g/mol. The van der Waals surface area contributed by atoms with Crippen LogP contribution in [-0.4, -0.2) is 18.0 Å². The molecular formula is C20H20N2O3. The van der Waals surface area contributed by atoms with Crippen molar-refractivity contribution in [2.24, 2.45) is 0 Å². The highest BCUT2D eigenvalue weighted by atomic mass is 16.5. The summed E-state index contributed by atoms with van der Waals surface area (Å²) in [5.74, 6) is 0.303. The van der Waals surface area contributed by atoms with Gasteiger partial charge in [0.2, 0.25) is 5.89 Å². The summed E-state index contributed by atoms with van der Waals surface area (Å²) in [7, 11) is 1.52. The van der Waals surface area contributed by atoms with Crippen molar-refractivity contribution in [1.82, 2.24) is 4.98 Å². The predicted molar refractivity (Wildman–Crippen MR) is 96.2 cm³/mol. The summed E-state index contributed by atoms with van der Waals surface area (Å²) in [4.78, 5) is 17.0. The Balaban J connectivity index is 1.85. The van der Waals surface area contributed by atoms with Gasteiger partial charge in [-0.3, -0.25) is 4.79 Å². The number of amides is 1. The molecule has 5 nitrogen and oxygen atoms in total. The van der Waals surface area contributed by atoms with Crippen LogP contribution in [0.25, 0.3) is 11.5 Å². The number of methoxy groups -OCH3 is 1. The first-order chi connectivity index (χ1) is 12.1. The molecule has 0 aliphatic carbocycles. The molecule has 0 aliphatic rings. The largest absolute Gasteiger partial charge is 0.444 e. The topological polar surface area (TPSA) is 64.4 Å². The molecule has 1 heterocycles. The quantitative estimate of drug-likeness (QED) is 0.755. The van der Waals surface area contributed by atoms with Crippen LogP contribution in [0.1, 0.15) is 22.9 Å². The van der Waals surface area contributed by atoms with Crippen LogP contribution < -0.4 is 5.32 Å². The van der Waals surface area contributed by atoms with Crippen LogP contribution in [0, 0.1) is 13.8 Å². The smallest absolute Gasteiger partial charge is 0.258 e. The molecule has 0 aliphatic heterocycles. The molecule has 0 spiro atoms. The van der Waals surface area contributed by atoms with E-state index in [1.54, 1.807) is 6.26 Å². The van der Waals surface area contributed by atoms with E-state index in [9.17, 15) is 4.79 Å². The Morgan fingerprint density at radius 1 is 1.16 bits per heavy atom. The molecule has 25 heavy (non-hydrogen) atoms. The van der Waals surface area contributed by atoms with Crippen molar-refractivity contribution in [3.63, 3.8) is 0 Å². The van der Waals surface area contributed by atoms with Gasteiger partial charge in [-0.05, 0) is 37.1 Å². The van der Waals surface area contributed by atoms with Crippen molar-refractivity contribution in [1.29, 1.82) is 0 Å². The van der Waals surface area contributed by atoms with Gasteiger partial charge in [-0.25, -0.2) is 4.98 Å². The van der Waals surface area contributed by atoms with Gasteiger partial charge in [0.05, 0.1) is 5.69 Å². The molecular weight excluding hydrogens is 316 g/mol. The number of oxazole rings is 1. The molecule has 1 amide bonds. The third kappa shape index (κ3) is 3.78. The Morgan fingerprint density at radius 2 is 1.92 bits per heavy atom. The third-order valence-electron chi connectivity index (χ3n) is 3.94. The summed E-state index contributed by atoms with van der Waals surface area (Å²) >= 11 is 0. The van der Waals surface area contributed by atoms with Crippen molar-refractivity contribution in [3.05, 3.63) is 71.6 Å². The molecule has 0 unspecified atom stereocenters. The Bertz CT molecular complexity index is 872. The van der Waals surface area contributed by atoms with Crippen LogP contribution in [0.4, 0.5) is 5.69 Å². The molecule has 3 rings (SSSR count). The second kappa shape index (κ2) is 7.32. The fraction of sp³-hybridized carbons (Fsp3) is 0.200. The molecule has 1 aromatic heterocycles. The first-order valence-electron chi connectivity index (χ1n) is 8.00. The van der Waals surface area contributed by atoms with Crippen LogP contribution in [-0.2, 0) is 9.53 Å². The van der Waals surface area contributed by atoms with Crippen LogP contribution >= 0.6 is 0 Å². The Kier molecular flexibility index (Phi) is 4.95. The number of rotatable bonds is 5. The lowest BCUT2D eigenvalue weighted by Crippen LogP contribution is -2.23. The van der Waals surface area contributed by atoms with Gasteiger partial charge in [-0.15, -0.1) is 0 Å². The summed E-state index contributed by atoms with van der Waals surface area (Å²) in [6.07, 6.45) is 0.928. The minimum Gasteiger partial charge on any atom is -0.444 e. The van der Waals surface area contributed by atoms with Crippen LogP contribution in [0.2, 0.25) is 0 Å². The van der Waals surface area contributed by atoms with Crippen LogP contribution in [0.15, 0.2) is 59.2 Å². The van der Waals surface area contributed by atoms with E-state index in [1.165, 1.54) is 7.11 Å². The van der Waals surface area contributed by atoms with Gasteiger partial charge in [-0.2, -0.15) is 0 Å². The molecule has 5 heteroatoms. The standard InChI is InChI=1S/C20H20N2O3/c1-13-9-10-16(20-21-14(2)12-25-20)11-17(13)22-19(23)18(24-3)15-7-5-4-6-8-15/h4-12,18H,1-3H3,(H,22,23)/t18-/m1/s1. The Labute approximate surface area is 146 Å². The number of hydrogen-bond donors (Lipinski definition) is 1. The molecule has 1 atom stereocenters. The highest BCUT2D eigenvalue weighted by Gasteiger charge is 2.20. The SMILES string of the molecule is CO[C@@H](C(=O)Nc1cc(-c2nc(C)co2)ccc1C)c1ccccc1. The van der Waals surface area contributed by atoms with E-state index >= 15 is 0 Å². The van der Waals surface area contributed by atoms with E-state index in [0.29, 0.717) is 11.6 Å². The average Bonchev–Trinajstić information content (AvgIpc) is 3.05. The zero-order valence-corrected chi connectivity index (χ0v) is 14.4. The van der Waals surface area contributed by atoms with E-state index in [1.807, 2.05) is 62.4 Å². The number of hydrogen-bond acceptors (Lipinski definition) is 4.